The maximum Gasteiger partial charge on any atom is 0.262 e. The van der Waals surface area contributed by atoms with Gasteiger partial charge in [0.2, 0.25) is 5.91 Å². The number of halogens is 2. The van der Waals surface area contributed by atoms with E-state index in [0.717, 1.165) is 11.3 Å². The zero-order valence-corrected chi connectivity index (χ0v) is 15.3. The standard InChI is InChI=1S/C14H14F2N6O3S2/c15-9-3-8(27(24,25)22-12-6-17-7-26-12)4-10(16)13(9)21-11(23)5-20-14-18-1-2-19-14/h3-4,6-7,22H,1-2,5H2,(H,21,23)(H2,18,19,20). The molecular formula is C14H14F2N6O3S2. The summed E-state index contributed by atoms with van der Waals surface area (Å²) in [7, 11) is -4.20. The van der Waals surface area contributed by atoms with Crippen LogP contribution in [0.4, 0.5) is 19.5 Å². The van der Waals surface area contributed by atoms with Crippen molar-refractivity contribution in [2.24, 2.45) is 4.99 Å². The van der Waals surface area contributed by atoms with Gasteiger partial charge in [-0.05, 0) is 12.1 Å². The lowest BCUT2D eigenvalue weighted by Crippen LogP contribution is -2.39. The van der Waals surface area contributed by atoms with Crippen LogP contribution in [0.1, 0.15) is 0 Å². The van der Waals surface area contributed by atoms with E-state index in [9.17, 15) is 22.0 Å². The van der Waals surface area contributed by atoms with Crippen LogP contribution in [-0.2, 0) is 14.8 Å². The largest absolute Gasteiger partial charge is 0.355 e. The second kappa shape index (κ2) is 7.84. The highest BCUT2D eigenvalue weighted by atomic mass is 32.2. The summed E-state index contributed by atoms with van der Waals surface area (Å²) in [5, 5.41) is 7.81. The summed E-state index contributed by atoms with van der Waals surface area (Å²) in [4.78, 5) is 18.9. The molecule has 13 heteroatoms. The molecule has 144 valence electrons. The fourth-order valence-electron chi connectivity index (χ4n) is 2.15. The van der Waals surface area contributed by atoms with E-state index in [1.165, 1.54) is 11.7 Å². The summed E-state index contributed by atoms with van der Waals surface area (Å²) in [6.07, 6.45) is 1.26. The van der Waals surface area contributed by atoms with Gasteiger partial charge in [-0.2, -0.15) is 0 Å². The van der Waals surface area contributed by atoms with Crippen molar-refractivity contribution in [1.29, 1.82) is 0 Å². The molecule has 0 unspecified atom stereocenters. The molecule has 0 saturated heterocycles. The predicted octanol–water partition coefficient (Wildman–Crippen LogP) is 0.709. The number of nitrogens with zero attached hydrogens (tertiary/aromatic N) is 2. The molecule has 0 saturated carbocycles. The van der Waals surface area contributed by atoms with E-state index < -0.39 is 38.1 Å². The highest BCUT2D eigenvalue weighted by Crippen LogP contribution is 2.25. The Balaban J connectivity index is 1.71. The minimum atomic E-state index is -4.20. The normalized spacial score (nSPS) is 13.6. The highest BCUT2D eigenvalue weighted by molar-refractivity contribution is 7.93. The average molecular weight is 416 g/mol. The van der Waals surface area contributed by atoms with Crippen LogP contribution in [0.25, 0.3) is 0 Å². The van der Waals surface area contributed by atoms with Crippen molar-refractivity contribution in [2.45, 2.75) is 4.90 Å². The number of carbonyl (C=O) groups is 1. The van der Waals surface area contributed by atoms with E-state index in [1.807, 2.05) is 0 Å². The lowest BCUT2D eigenvalue weighted by Gasteiger charge is -2.11. The van der Waals surface area contributed by atoms with E-state index in [1.54, 1.807) is 0 Å². The fraction of sp³-hybridized carbons (Fsp3) is 0.214. The predicted molar refractivity (Wildman–Crippen MR) is 96.2 cm³/mol. The van der Waals surface area contributed by atoms with E-state index in [0.29, 0.717) is 31.2 Å². The van der Waals surface area contributed by atoms with Gasteiger partial charge in [0, 0.05) is 6.54 Å². The van der Waals surface area contributed by atoms with Crippen LogP contribution < -0.4 is 20.7 Å². The number of aliphatic imine (C=N–C) groups is 1. The van der Waals surface area contributed by atoms with Crippen molar-refractivity contribution in [3.05, 3.63) is 35.5 Å². The van der Waals surface area contributed by atoms with E-state index in [4.69, 9.17) is 0 Å². The van der Waals surface area contributed by atoms with Crippen LogP contribution in [-0.4, -0.2) is 44.9 Å². The first kappa shape index (κ1) is 19.0. The second-order valence-corrected chi connectivity index (χ2v) is 7.86. The van der Waals surface area contributed by atoms with Crippen LogP contribution >= 0.6 is 11.3 Å². The molecule has 27 heavy (non-hydrogen) atoms. The molecule has 1 aliphatic heterocycles. The molecule has 1 aliphatic rings. The molecule has 9 nitrogen and oxygen atoms in total. The number of thiazole rings is 1. The smallest absolute Gasteiger partial charge is 0.262 e. The lowest BCUT2D eigenvalue weighted by atomic mass is 10.3. The maximum absolute atomic E-state index is 14.2. The number of benzene rings is 1. The van der Waals surface area contributed by atoms with E-state index in [-0.39, 0.29) is 11.5 Å². The number of carbonyl (C=O) groups excluding carboxylic acids is 1. The Morgan fingerprint density at radius 2 is 2.04 bits per heavy atom. The fourth-order valence-corrected chi connectivity index (χ4v) is 3.98. The van der Waals surface area contributed by atoms with Crippen molar-refractivity contribution in [3.8, 4) is 0 Å². The molecule has 0 aliphatic carbocycles. The van der Waals surface area contributed by atoms with E-state index in [2.05, 4.69) is 30.6 Å². The molecule has 2 heterocycles. The molecular weight excluding hydrogens is 402 g/mol. The van der Waals surface area contributed by atoms with Crippen molar-refractivity contribution >= 4 is 43.9 Å². The van der Waals surface area contributed by atoms with Crippen molar-refractivity contribution < 1.29 is 22.0 Å². The number of anilines is 2. The number of hydrogen-bond donors (Lipinski definition) is 4. The first-order valence-electron chi connectivity index (χ1n) is 7.57. The number of guanidine groups is 1. The molecule has 0 atom stereocenters. The molecule has 0 spiro atoms. The Hall–Kier alpha value is -2.80. The topological polar surface area (TPSA) is 125 Å². The summed E-state index contributed by atoms with van der Waals surface area (Å²) in [5.74, 6) is -2.74. The zero-order chi connectivity index (χ0) is 19.4. The zero-order valence-electron chi connectivity index (χ0n) is 13.6. The van der Waals surface area contributed by atoms with Gasteiger partial charge < -0.3 is 16.0 Å². The van der Waals surface area contributed by atoms with E-state index >= 15 is 0 Å². The average Bonchev–Trinajstić information content (AvgIpc) is 3.29. The SMILES string of the molecule is O=C(CNC1=NCCN1)Nc1c(F)cc(S(=O)(=O)Nc2cncs2)cc1F. The van der Waals surface area contributed by atoms with Crippen LogP contribution in [0.3, 0.4) is 0 Å². The van der Waals surface area contributed by atoms with Gasteiger partial charge in [-0.25, -0.2) is 17.2 Å². The summed E-state index contributed by atoms with van der Waals surface area (Å²) in [6, 6.07) is 1.25. The number of sulfonamides is 1. The molecule has 1 amide bonds. The molecule has 4 N–H and O–H groups in total. The Morgan fingerprint density at radius 3 is 2.63 bits per heavy atom. The monoisotopic (exact) mass is 416 g/mol. The second-order valence-electron chi connectivity index (χ2n) is 5.29. The third-order valence-corrected chi connectivity index (χ3v) is 5.51. The number of nitrogens with one attached hydrogen (secondary N) is 4. The molecule has 0 radical (unpaired) electrons. The van der Waals surface area contributed by atoms with Crippen LogP contribution in [0.5, 0.6) is 0 Å². The molecule has 0 fully saturated rings. The first-order chi connectivity index (χ1) is 12.8. The minimum absolute atomic E-state index is 0.197. The summed E-state index contributed by atoms with van der Waals surface area (Å²) in [5.41, 5.74) is 0.665. The van der Waals surface area contributed by atoms with Crippen LogP contribution in [0.2, 0.25) is 0 Å². The molecule has 2 aromatic rings. The third-order valence-electron chi connectivity index (χ3n) is 3.35. The Labute approximate surface area is 157 Å². The number of hydrogen-bond acceptors (Lipinski definition) is 8. The summed E-state index contributed by atoms with van der Waals surface area (Å²) >= 11 is 1.01. The van der Waals surface area contributed by atoms with Gasteiger partial charge in [0.1, 0.15) is 10.7 Å². The van der Waals surface area contributed by atoms with Crippen LogP contribution in [0, 0.1) is 11.6 Å². The maximum atomic E-state index is 14.2. The van der Waals surface area contributed by atoms with Crippen LogP contribution in [0.15, 0.2) is 33.7 Å². The van der Waals surface area contributed by atoms with Gasteiger partial charge in [0.05, 0.1) is 29.7 Å². The molecule has 1 aromatic heterocycles. The first-order valence-corrected chi connectivity index (χ1v) is 9.94. The molecule has 3 rings (SSSR count). The molecule has 0 bridgehead atoms. The lowest BCUT2D eigenvalue weighted by molar-refractivity contribution is -0.115. The number of aromatic nitrogens is 1. The Morgan fingerprint density at radius 1 is 1.30 bits per heavy atom. The van der Waals surface area contributed by atoms with Gasteiger partial charge in [-0.1, -0.05) is 0 Å². The van der Waals surface area contributed by atoms with Crippen molar-refractivity contribution in [2.75, 3.05) is 29.7 Å². The Bertz CT molecular complexity index is 956. The number of rotatable bonds is 6. The van der Waals surface area contributed by atoms with Gasteiger partial charge in [-0.3, -0.25) is 19.5 Å². The van der Waals surface area contributed by atoms with Crippen molar-refractivity contribution in [1.82, 2.24) is 15.6 Å². The van der Waals surface area contributed by atoms with Gasteiger partial charge in [0.15, 0.2) is 17.6 Å². The Kier molecular flexibility index (Phi) is 5.51. The minimum Gasteiger partial charge on any atom is -0.355 e. The highest BCUT2D eigenvalue weighted by Gasteiger charge is 2.22. The van der Waals surface area contributed by atoms with Gasteiger partial charge >= 0.3 is 0 Å². The summed E-state index contributed by atoms with van der Waals surface area (Å²) in [6.45, 7) is 0.940. The summed E-state index contributed by atoms with van der Waals surface area (Å²) < 4.78 is 55.0. The van der Waals surface area contributed by atoms with Gasteiger partial charge in [0.25, 0.3) is 10.0 Å². The van der Waals surface area contributed by atoms with Gasteiger partial charge in [-0.15, -0.1) is 11.3 Å². The molecule has 1 aromatic carbocycles. The van der Waals surface area contributed by atoms with Crippen molar-refractivity contribution in [3.63, 3.8) is 0 Å². The third kappa shape index (κ3) is 4.68. The quantitative estimate of drug-likeness (QED) is 0.550. The number of amides is 1.